The standard InChI is InChI=1S/C31H35N3O4/c1-20-6-10-23(11-7-20)29-26-16-25(13-12-22(26)14-15-34(29)31(36)24-4-2-3-5-24)37-19-28-33-27(18-38-28)30(35)32-17-21-8-9-21/h6-7,10-13,16,18,21,24,29H,2-5,8-9,14-15,17,19H2,1H3,(H,32,35). The summed E-state index contributed by atoms with van der Waals surface area (Å²) in [5.41, 5.74) is 4.94. The maximum absolute atomic E-state index is 13.6. The van der Waals surface area contributed by atoms with Crippen molar-refractivity contribution in [3.05, 3.63) is 82.6 Å². The van der Waals surface area contributed by atoms with Gasteiger partial charge in [-0.15, -0.1) is 0 Å². The number of aryl methyl sites for hydroxylation is 1. The fourth-order valence-corrected chi connectivity index (χ4v) is 5.71. The van der Waals surface area contributed by atoms with E-state index in [1.54, 1.807) is 0 Å². The Kier molecular flexibility index (Phi) is 6.92. The van der Waals surface area contributed by atoms with Crippen molar-refractivity contribution in [3.8, 4) is 5.75 Å². The molecule has 38 heavy (non-hydrogen) atoms. The first-order valence-electron chi connectivity index (χ1n) is 13.9. The van der Waals surface area contributed by atoms with Crippen molar-refractivity contribution < 1.29 is 18.7 Å². The van der Waals surface area contributed by atoms with Crippen LogP contribution in [0.5, 0.6) is 5.75 Å². The highest BCUT2D eigenvalue weighted by molar-refractivity contribution is 5.91. The second-order valence-electron chi connectivity index (χ2n) is 11.0. The van der Waals surface area contributed by atoms with Gasteiger partial charge in [-0.1, -0.05) is 48.7 Å². The van der Waals surface area contributed by atoms with Gasteiger partial charge in [-0.05, 0) is 73.8 Å². The van der Waals surface area contributed by atoms with Gasteiger partial charge in [-0.2, -0.15) is 0 Å². The highest BCUT2D eigenvalue weighted by atomic mass is 16.5. The topological polar surface area (TPSA) is 84.7 Å². The zero-order valence-corrected chi connectivity index (χ0v) is 21.9. The van der Waals surface area contributed by atoms with Crippen LogP contribution in [0, 0.1) is 18.8 Å². The summed E-state index contributed by atoms with van der Waals surface area (Å²) in [6.45, 7) is 3.61. The maximum atomic E-state index is 13.6. The fourth-order valence-electron chi connectivity index (χ4n) is 5.71. The summed E-state index contributed by atoms with van der Waals surface area (Å²) in [6.07, 6.45) is 8.82. The second-order valence-corrected chi connectivity index (χ2v) is 11.0. The molecule has 2 aliphatic carbocycles. The molecule has 0 spiro atoms. The Morgan fingerprint density at radius 3 is 2.63 bits per heavy atom. The van der Waals surface area contributed by atoms with E-state index in [-0.39, 0.29) is 36.1 Å². The molecule has 3 aliphatic rings. The van der Waals surface area contributed by atoms with Crippen molar-refractivity contribution in [2.24, 2.45) is 11.8 Å². The first kappa shape index (κ1) is 24.7. The van der Waals surface area contributed by atoms with Gasteiger partial charge in [0.2, 0.25) is 11.8 Å². The minimum atomic E-state index is -0.214. The lowest BCUT2D eigenvalue weighted by Gasteiger charge is -2.39. The average molecular weight is 514 g/mol. The Balaban J connectivity index is 1.21. The lowest BCUT2D eigenvalue weighted by Crippen LogP contribution is -2.43. The van der Waals surface area contributed by atoms with Crippen LogP contribution in [0.3, 0.4) is 0 Å². The molecule has 2 heterocycles. The summed E-state index contributed by atoms with van der Waals surface area (Å²) >= 11 is 0. The number of benzene rings is 2. The van der Waals surface area contributed by atoms with Crippen molar-refractivity contribution in [1.29, 1.82) is 0 Å². The molecule has 1 N–H and O–H groups in total. The minimum absolute atomic E-state index is 0.120. The number of rotatable bonds is 8. The largest absolute Gasteiger partial charge is 0.484 e. The van der Waals surface area contributed by atoms with Gasteiger partial charge < -0.3 is 19.4 Å². The molecule has 3 aromatic rings. The van der Waals surface area contributed by atoms with Crippen LogP contribution in [0.25, 0.3) is 0 Å². The molecule has 198 valence electrons. The summed E-state index contributed by atoms with van der Waals surface area (Å²) in [7, 11) is 0. The van der Waals surface area contributed by atoms with Gasteiger partial charge in [0.25, 0.3) is 5.91 Å². The Morgan fingerprint density at radius 2 is 1.87 bits per heavy atom. The Morgan fingerprint density at radius 1 is 1.08 bits per heavy atom. The number of fused-ring (bicyclic) bond motifs is 1. The first-order chi connectivity index (χ1) is 18.5. The number of aromatic nitrogens is 1. The summed E-state index contributed by atoms with van der Waals surface area (Å²) in [5, 5.41) is 2.90. The average Bonchev–Trinajstić information content (AvgIpc) is 3.38. The number of nitrogens with one attached hydrogen (secondary N) is 1. The lowest BCUT2D eigenvalue weighted by molar-refractivity contribution is -0.137. The smallest absolute Gasteiger partial charge is 0.273 e. The third-order valence-corrected chi connectivity index (χ3v) is 8.12. The third kappa shape index (κ3) is 5.33. The summed E-state index contributed by atoms with van der Waals surface area (Å²) < 4.78 is 11.6. The molecule has 1 aromatic heterocycles. The molecule has 0 saturated heterocycles. The molecule has 2 amide bonds. The molecule has 6 rings (SSSR count). The monoisotopic (exact) mass is 513 g/mol. The summed E-state index contributed by atoms with van der Waals surface area (Å²) in [5.74, 6) is 1.84. The van der Waals surface area contributed by atoms with Crippen molar-refractivity contribution in [3.63, 3.8) is 0 Å². The molecule has 0 bridgehead atoms. The normalized spacial score (nSPS) is 19.3. The molecule has 2 fully saturated rings. The number of carbonyl (C=O) groups excluding carboxylic acids is 2. The van der Waals surface area contributed by atoms with Crippen LogP contribution >= 0.6 is 0 Å². The number of oxazole rings is 1. The summed E-state index contributed by atoms with van der Waals surface area (Å²) in [4.78, 5) is 32.3. The molecule has 2 aromatic carbocycles. The van der Waals surface area contributed by atoms with E-state index >= 15 is 0 Å². The van der Waals surface area contributed by atoms with E-state index in [1.807, 2.05) is 6.07 Å². The van der Waals surface area contributed by atoms with Crippen molar-refractivity contribution in [1.82, 2.24) is 15.2 Å². The van der Waals surface area contributed by atoms with E-state index in [0.717, 1.165) is 49.8 Å². The predicted octanol–water partition coefficient (Wildman–Crippen LogP) is 5.37. The van der Waals surface area contributed by atoms with E-state index in [2.05, 4.69) is 58.5 Å². The third-order valence-electron chi connectivity index (χ3n) is 8.12. The van der Waals surface area contributed by atoms with Crippen molar-refractivity contribution in [2.45, 2.75) is 64.5 Å². The molecule has 1 atom stereocenters. The number of ether oxygens (including phenoxy) is 1. The highest BCUT2D eigenvalue weighted by Gasteiger charge is 2.36. The quantitative estimate of drug-likeness (QED) is 0.438. The number of carbonyl (C=O) groups is 2. The van der Waals surface area contributed by atoms with Gasteiger partial charge in [0.15, 0.2) is 12.3 Å². The van der Waals surface area contributed by atoms with E-state index in [0.29, 0.717) is 24.1 Å². The molecule has 1 aliphatic heterocycles. The molecule has 7 heteroatoms. The number of nitrogens with zero attached hydrogens (tertiary/aromatic N) is 2. The van der Waals surface area contributed by atoms with Crippen LogP contribution in [-0.4, -0.2) is 34.8 Å². The Labute approximate surface area is 223 Å². The van der Waals surface area contributed by atoms with Crippen LogP contribution in [0.15, 0.2) is 53.1 Å². The van der Waals surface area contributed by atoms with E-state index in [4.69, 9.17) is 9.15 Å². The number of amides is 2. The Hall–Kier alpha value is -3.61. The van der Waals surface area contributed by atoms with Crippen LogP contribution in [0.2, 0.25) is 0 Å². The lowest BCUT2D eigenvalue weighted by atomic mass is 9.86. The van der Waals surface area contributed by atoms with Gasteiger partial charge in [0, 0.05) is 19.0 Å². The minimum Gasteiger partial charge on any atom is -0.484 e. The first-order valence-corrected chi connectivity index (χ1v) is 13.9. The van der Waals surface area contributed by atoms with Gasteiger partial charge in [0.05, 0.1) is 6.04 Å². The van der Waals surface area contributed by atoms with Gasteiger partial charge in [-0.25, -0.2) is 4.98 Å². The van der Waals surface area contributed by atoms with Crippen molar-refractivity contribution >= 4 is 11.8 Å². The highest BCUT2D eigenvalue weighted by Crippen LogP contribution is 2.40. The SMILES string of the molecule is Cc1ccc(C2c3cc(OCc4nc(C(=O)NCC5CC5)co4)ccc3CCN2C(=O)C2CCCC2)cc1. The van der Waals surface area contributed by atoms with Crippen LogP contribution < -0.4 is 10.1 Å². The fraction of sp³-hybridized carbons (Fsp3) is 0.452. The zero-order chi connectivity index (χ0) is 26.1. The zero-order valence-electron chi connectivity index (χ0n) is 21.9. The second kappa shape index (κ2) is 10.6. The number of hydrogen-bond acceptors (Lipinski definition) is 5. The Bertz CT molecular complexity index is 1300. The molecule has 1 unspecified atom stereocenters. The van der Waals surface area contributed by atoms with Crippen LogP contribution in [0.1, 0.15) is 83.2 Å². The van der Waals surface area contributed by atoms with E-state index in [9.17, 15) is 9.59 Å². The van der Waals surface area contributed by atoms with Gasteiger partial charge >= 0.3 is 0 Å². The maximum Gasteiger partial charge on any atom is 0.273 e. The van der Waals surface area contributed by atoms with Crippen LogP contribution in [0.4, 0.5) is 0 Å². The molecule has 7 nitrogen and oxygen atoms in total. The van der Waals surface area contributed by atoms with E-state index < -0.39 is 0 Å². The number of hydrogen-bond donors (Lipinski definition) is 1. The van der Waals surface area contributed by atoms with Gasteiger partial charge in [-0.3, -0.25) is 9.59 Å². The molecule has 0 radical (unpaired) electrons. The van der Waals surface area contributed by atoms with E-state index in [1.165, 1.54) is 30.2 Å². The predicted molar refractivity (Wildman–Crippen MR) is 143 cm³/mol. The van der Waals surface area contributed by atoms with Gasteiger partial charge in [0.1, 0.15) is 12.0 Å². The molecular formula is C31H35N3O4. The van der Waals surface area contributed by atoms with Crippen LogP contribution in [-0.2, 0) is 17.8 Å². The molecular weight excluding hydrogens is 478 g/mol. The van der Waals surface area contributed by atoms with Crippen molar-refractivity contribution in [2.75, 3.05) is 13.1 Å². The summed E-state index contributed by atoms with van der Waals surface area (Å²) in [6, 6.07) is 14.5. The molecule has 2 saturated carbocycles.